The number of amides is 1. The number of rotatable bonds is 6. The normalized spacial score (nSPS) is 10.9. The number of thioether (sulfide) groups is 1. The number of aromatic nitrogens is 3. The van der Waals surface area contributed by atoms with Crippen LogP contribution in [0.3, 0.4) is 0 Å². The number of aryl methyl sites for hydroxylation is 2. The van der Waals surface area contributed by atoms with Crippen molar-refractivity contribution in [2.45, 2.75) is 18.9 Å². The molecule has 0 unspecified atom stereocenters. The third-order valence-electron chi connectivity index (χ3n) is 4.85. The van der Waals surface area contributed by atoms with Crippen molar-refractivity contribution < 1.29 is 9.53 Å². The Morgan fingerprint density at radius 3 is 2.80 bits per heavy atom. The van der Waals surface area contributed by atoms with Crippen molar-refractivity contribution in [3.05, 3.63) is 72.1 Å². The SMILES string of the molecule is COc1cccc(NC(=O)CSc2nccn3nc(-c4ccc(C)c(C)c4)cc23)c1. The minimum atomic E-state index is -0.106. The van der Waals surface area contributed by atoms with Crippen LogP contribution in [-0.4, -0.2) is 33.4 Å². The van der Waals surface area contributed by atoms with E-state index < -0.39 is 0 Å². The number of hydrogen-bond acceptors (Lipinski definition) is 5. The smallest absolute Gasteiger partial charge is 0.234 e. The molecule has 4 aromatic rings. The van der Waals surface area contributed by atoms with Gasteiger partial charge in [-0.05, 0) is 49.2 Å². The largest absolute Gasteiger partial charge is 0.497 e. The number of benzene rings is 2. The molecule has 1 N–H and O–H groups in total. The molecule has 6 nitrogen and oxygen atoms in total. The molecule has 4 rings (SSSR count). The van der Waals surface area contributed by atoms with Gasteiger partial charge >= 0.3 is 0 Å². The van der Waals surface area contributed by atoms with Gasteiger partial charge in [0.05, 0.1) is 24.1 Å². The number of nitrogens with one attached hydrogen (secondary N) is 1. The summed E-state index contributed by atoms with van der Waals surface area (Å²) in [6.45, 7) is 4.19. The summed E-state index contributed by atoms with van der Waals surface area (Å²) >= 11 is 1.39. The first-order valence-corrected chi connectivity index (χ1v) is 10.5. The Hall–Kier alpha value is -3.32. The first-order valence-electron chi connectivity index (χ1n) is 9.52. The van der Waals surface area contributed by atoms with Crippen molar-refractivity contribution >= 4 is 28.9 Å². The molecular weight excluding hydrogens is 396 g/mol. The van der Waals surface area contributed by atoms with Gasteiger partial charge < -0.3 is 10.1 Å². The van der Waals surface area contributed by atoms with Crippen LogP contribution in [-0.2, 0) is 4.79 Å². The topological polar surface area (TPSA) is 68.5 Å². The zero-order valence-corrected chi connectivity index (χ0v) is 17.9. The molecule has 0 aliphatic heterocycles. The Kier molecular flexibility index (Phi) is 5.72. The van der Waals surface area contributed by atoms with Gasteiger partial charge in [0.2, 0.25) is 5.91 Å². The molecule has 7 heteroatoms. The molecule has 0 aliphatic rings. The van der Waals surface area contributed by atoms with Crippen molar-refractivity contribution in [2.75, 3.05) is 18.2 Å². The second-order valence-corrected chi connectivity index (χ2v) is 7.92. The second kappa shape index (κ2) is 8.59. The molecule has 0 fully saturated rings. The average molecular weight is 419 g/mol. The zero-order valence-electron chi connectivity index (χ0n) is 17.0. The molecule has 0 saturated heterocycles. The quantitative estimate of drug-likeness (QED) is 0.458. The van der Waals surface area contributed by atoms with Crippen molar-refractivity contribution in [2.24, 2.45) is 0 Å². The van der Waals surface area contributed by atoms with Gasteiger partial charge in [-0.3, -0.25) is 4.79 Å². The molecule has 0 saturated carbocycles. The van der Waals surface area contributed by atoms with Crippen LogP contribution in [0.15, 0.2) is 66.0 Å². The molecule has 0 bridgehead atoms. The van der Waals surface area contributed by atoms with Crippen LogP contribution in [0.4, 0.5) is 5.69 Å². The summed E-state index contributed by atoms with van der Waals surface area (Å²) in [5.74, 6) is 0.838. The molecule has 0 atom stereocenters. The maximum Gasteiger partial charge on any atom is 0.234 e. The molecule has 2 aromatic heterocycles. The predicted molar refractivity (Wildman–Crippen MR) is 120 cm³/mol. The maximum atomic E-state index is 12.4. The van der Waals surface area contributed by atoms with Gasteiger partial charge in [0, 0.05) is 29.7 Å². The number of hydrogen-bond donors (Lipinski definition) is 1. The molecule has 30 heavy (non-hydrogen) atoms. The summed E-state index contributed by atoms with van der Waals surface area (Å²) in [4.78, 5) is 16.8. The van der Waals surface area contributed by atoms with Crippen LogP contribution in [0.25, 0.3) is 16.8 Å². The third kappa shape index (κ3) is 4.31. The molecule has 0 radical (unpaired) electrons. The highest BCUT2D eigenvalue weighted by molar-refractivity contribution is 8.00. The lowest BCUT2D eigenvalue weighted by Gasteiger charge is -2.07. The maximum absolute atomic E-state index is 12.4. The fourth-order valence-corrected chi connectivity index (χ4v) is 3.86. The van der Waals surface area contributed by atoms with E-state index in [0.717, 1.165) is 21.8 Å². The second-order valence-electron chi connectivity index (χ2n) is 6.96. The van der Waals surface area contributed by atoms with Crippen LogP contribution in [0.5, 0.6) is 5.75 Å². The van der Waals surface area contributed by atoms with E-state index in [4.69, 9.17) is 4.74 Å². The highest BCUT2D eigenvalue weighted by Crippen LogP contribution is 2.27. The number of anilines is 1. The first kappa shape index (κ1) is 20.0. The Morgan fingerprint density at radius 1 is 1.13 bits per heavy atom. The molecule has 0 aliphatic carbocycles. The Bertz CT molecular complexity index is 1220. The van der Waals surface area contributed by atoms with E-state index in [-0.39, 0.29) is 11.7 Å². The fourth-order valence-electron chi connectivity index (χ4n) is 3.08. The number of nitrogens with zero attached hydrogens (tertiary/aromatic N) is 3. The van der Waals surface area contributed by atoms with Crippen LogP contribution >= 0.6 is 11.8 Å². The monoisotopic (exact) mass is 418 g/mol. The van der Waals surface area contributed by atoms with E-state index in [2.05, 4.69) is 47.4 Å². The summed E-state index contributed by atoms with van der Waals surface area (Å²) < 4.78 is 7.00. The van der Waals surface area contributed by atoms with E-state index in [1.54, 1.807) is 23.9 Å². The summed E-state index contributed by atoms with van der Waals surface area (Å²) in [5.41, 5.74) is 6.01. The van der Waals surface area contributed by atoms with Gasteiger partial charge in [-0.15, -0.1) is 0 Å². The molecule has 0 spiro atoms. The first-order chi connectivity index (χ1) is 14.5. The summed E-state index contributed by atoms with van der Waals surface area (Å²) in [5, 5.41) is 8.33. The van der Waals surface area contributed by atoms with E-state index in [9.17, 15) is 4.79 Å². The molecule has 1 amide bonds. The summed E-state index contributed by atoms with van der Waals surface area (Å²) in [6, 6.07) is 15.6. The summed E-state index contributed by atoms with van der Waals surface area (Å²) in [6.07, 6.45) is 3.52. The van der Waals surface area contributed by atoms with Gasteiger partial charge in [-0.25, -0.2) is 9.50 Å². The van der Waals surface area contributed by atoms with Gasteiger partial charge in [0.1, 0.15) is 10.8 Å². The lowest BCUT2D eigenvalue weighted by Crippen LogP contribution is -2.14. The predicted octanol–water partition coefficient (Wildman–Crippen LogP) is 4.75. The van der Waals surface area contributed by atoms with Crippen molar-refractivity contribution in [3.63, 3.8) is 0 Å². The highest BCUT2D eigenvalue weighted by atomic mass is 32.2. The molecular formula is C23H22N4O2S. The Balaban J connectivity index is 1.50. The lowest BCUT2D eigenvalue weighted by atomic mass is 10.0. The number of methoxy groups -OCH3 is 1. The molecule has 152 valence electrons. The molecule has 2 aromatic carbocycles. The van der Waals surface area contributed by atoms with E-state index in [0.29, 0.717) is 11.4 Å². The number of carbonyl (C=O) groups excluding carboxylic acids is 1. The number of fused-ring (bicyclic) bond motifs is 1. The van der Waals surface area contributed by atoms with Crippen LogP contribution in [0.2, 0.25) is 0 Å². The van der Waals surface area contributed by atoms with Crippen molar-refractivity contribution in [1.82, 2.24) is 14.6 Å². The van der Waals surface area contributed by atoms with Gasteiger partial charge in [-0.2, -0.15) is 5.10 Å². The number of carbonyl (C=O) groups is 1. The van der Waals surface area contributed by atoms with Gasteiger partial charge in [0.15, 0.2) is 0 Å². The Morgan fingerprint density at radius 2 is 2.00 bits per heavy atom. The zero-order chi connectivity index (χ0) is 21.1. The van der Waals surface area contributed by atoms with Crippen LogP contribution in [0, 0.1) is 13.8 Å². The van der Waals surface area contributed by atoms with E-state index >= 15 is 0 Å². The average Bonchev–Trinajstić information content (AvgIpc) is 3.19. The standard InChI is InChI=1S/C23H22N4O2S/c1-15-7-8-17(11-16(15)2)20-13-21-23(24-9-10-27(21)26-20)30-14-22(28)25-18-5-4-6-19(12-18)29-3/h4-13H,14H2,1-3H3,(H,25,28). The minimum Gasteiger partial charge on any atom is -0.497 e. The van der Waals surface area contributed by atoms with Crippen molar-refractivity contribution in [1.29, 1.82) is 0 Å². The summed E-state index contributed by atoms with van der Waals surface area (Å²) in [7, 11) is 1.60. The third-order valence-corrected chi connectivity index (χ3v) is 5.85. The highest BCUT2D eigenvalue weighted by Gasteiger charge is 2.12. The minimum absolute atomic E-state index is 0.106. The van der Waals surface area contributed by atoms with Gasteiger partial charge in [0.25, 0.3) is 0 Å². The fraction of sp³-hybridized carbons (Fsp3) is 0.174. The lowest BCUT2D eigenvalue weighted by molar-refractivity contribution is -0.113. The molecule has 2 heterocycles. The number of ether oxygens (including phenoxy) is 1. The van der Waals surface area contributed by atoms with Gasteiger partial charge in [-0.1, -0.05) is 30.0 Å². The van der Waals surface area contributed by atoms with E-state index in [1.807, 2.05) is 30.5 Å². The Labute approximate surface area is 179 Å². The van der Waals surface area contributed by atoms with Crippen LogP contribution < -0.4 is 10.1 Å². The van der Waals surface area contributed by atoms with E-state index in [1.165, 1.54) is 22.9 Å². The van der Waals surface area contributed by atoms with Crippen LogP contribution in [0.1, 0.15) is 11.1 Å². The van der Waals surface area contributed by atoms with Crippen molar-refractivity contribution in [3.8, 4) is 17.0 Å².